The molecule has 0 aliphatic heterocycles. The van der Waals surface area contributed by atoms with Crippen LogP contribution in [-0.4, -0.2) is 21.7 Å². The topological polar surface area (TPSA) is 65.9 Å². The fourth-order valence-corrected chi connectivity index (χ4v) is 5.49. The van der Waals surface area contributed by atoms with Gasteiger partial charge in [-0.05, 0) is 76.9 Å². The molecule has 5 rings (SSSR count). The molecule has 0 spiro atoms. The van der Waals surface area contributed by atoms with Crippen LogP contribution in [0.4, 0.5) is 4.39 Å². The van der Waals surface area contributed by atoms with E-state index >= 15 is 0 Å². The first-order valence-corrected chi connectivity index (χ1v) is 12.4. The van der Waals surface area contributed by atoms with Crippen molar-refractivity contribution in [2.24, 2.45) is 0 Å². The van der Waals surface area contributed by atoms with Crippen molar-refractivity contribution in [2.75, 3.05) is 5.75 Å². The van der Waals surface area contributed by atoms with Crippen LogP contribution in [0.25, 0.3) is 35.2 Å². The summed E-state index contributed by atoms with van der Waals surface area (Å²) in [5.41, 5.74) is 6.41. The van der Waals surface area contributed by atoms with Gasteiger partial charge in [-0.25, -0.2) is 9.37 Å². The number of pyridine rings is 2. The van der Waals surface area contributed by atoms with Gasteiger partial charge in [0.25, 0.3) is 0 Å². The number of hydrogen-bond acceptors (Lipinski definition) is 5. The quantitative estimate of drug-likeness (QED) is 0.363. The van der Waals surface area contributed by atoms with E-state index in [9.17, 15) is 14.3 Å². The van der Waals surface area contributed by atoms with Gasteiger partial charge < -0.3 is 9.90 Å². The summed E-state index contributed by atoms with van der Waals surface area (Å²) in [4.78, 5) is 20.1. The molecular formula is C28H19ClFN2NaO2S. The molecule has 1 unspecified atom stereocenters. The van der Waals surface area contributed by atoms with E-state index in [1.165, 1.54) is 12.1 Å². The van der Waals surface area contributed by atoms with Gasteiger partial charge in [0, 0.05) is 17.6 Å². The average Bonchev–Trinajstić information content (AvgIpc) is 3.00. The molecule has 36 heavy (non-hydrogen) atoms. The van der Waals surface area contributed by atoms with E-state index in [2.05, 4.69) is 22.1 Å². The first kappa shape index (κ1) is 26.6. The number of carbonyl (C=O) groups is 1. The van der Waals surface area contributed by atoms with Gasteiger partial charge in [-0.15, -0.1) is 11.8 Å². The number of carboxylic acids is 1. The van der Waals surface area contributed by atoms with E-state index in [4.69, 9.17) is 11.6 Å². The molecule has 0 radical (unpaired) electrons. The van der Waals surface area contributed by atoms with E-state index in [1.54, 1.807) is 18.0 Å². The molecule has 0 saturated carbocycles. The van der Waals surface area contributed by atoms with Crippen LogP contribution in [0.1, 0.15) is 45.3 Å². The second kappa shape index (κ2) is 11.7. The molecular weight excluding hydrogens is 506 g/mol. The third kappa shape index (κ3) is 5.90. The minimum atomic E-state index is -1.06. The van der Waals surface area contributed by atoms with Gasteiger partial charge in [0.05, 0.1) is 27.2 Å². The van der Waals surface area contributed by atoms with Crippen molar-refractivity contribution in [1.29, 1.82) is 0 Å². The van der Waals surface area contributed by atoms with E-state index < -0.39 is 11.8 Å². The second-order valence-corrected chi connectivity index (χ2v) is 9.72. The van der Waals surface area contributed by atoms with Crippen molar-refractivity contribution in [2.45, 2.75) is 11.7 Å². The maximum absolute atomic E-state index is 13.7. The summed E-state index contributed by atoms with van der Waals surface area (Å²) in [7, 11) is 0. The van der Waals surface area contributed by atoms with Gasteiger partial charge in [-0.1, -0.05) is 48.0 Å². The average molecular weight is 525 g/mol. The van der Waals surface area contributed by atoms with Crippen LogP contribution in [0.15, 0.2) is 60.8 Å². The fraction of sp³-hybridized carbons (Fsp3) is 0.107. The molecule has 1 atom stereocenters. The number of rotatable bonds is 6. The van der Waals surface area contributed by atoms with Gasteiger partial charge in [-0.3, -0.25) is 4.98 Å². The Hall–Kier alpha value is -2.48. The Morgan fingerprint density at radius 1 is 1.08 bits per heavy atom. The van der Waals surface area contributed by atoms with E-state index in [-0.39, 0.29) is 46.3 Å². The second-order valence-electron chi connectivity index (χ2n) is 8.10. The number of halogens is 2. The minimum absolute atomic E-state index is 0. The third-order valence-electron chi connectivity index (χ3n) is 5.76. The molecule has 0 saturated heterocycles. The summed E-state index contributed by atoms with van der Waals surface area (Å²) >= 11 is 7.49. The number of aromatic nitrogens is 2. The van der Waals surface area contributed by atoms with Gasteiger partial charge in [-0.2, -0.15) is 0 Å². The maximum Gasteiger partial charge on any atom is 1.00 e. The van der Waals surface area contributed by atoms with E-state index in [0.717, 1.165) is 33.6 Å². The molecule has 1 aliphatic rings. The predicted octanol–water partition coefficient (Wildman–Crippen LogP) is 3.04. The Balaban J connectivity index is 0.00000304. The number of thioether (sulfide) groups is 1. The van der Waals surface area contributed by atoms with Crippen molar-refractivity contribution in [3.63, 3.8) is 0 Å². The Morgan fingerprint density at radius 2 is 1.94 bits per heavy atom. The van der Waals surface area contributed by atoms with Crippen LogP contribution in [0.5, 0.6) is 0 Å². The SMILES string of the molecule is O=C([O-])CCSC1c2cc(/C=C/c3ccc4cc(F)c(Cl)cc4n3)ccc2C=Cc2ncccc21.[Na+]. The largest absolute Gasteiger partial charge is 1.00 e. The summed E-state index contributed by atoms with van der Waals surface area (Å²) in [6, 6.07) is 16.7. The Kier molecular flexibility index (Phi) is 8.65. The maximum atomic E-state index is 13.7. The first-order chi connectivity index (χ1) is 17.0. The summed E-state index contributed by atoms with van der Waals surface area (Å²) < 4.78 is 13.7. The molecule has 2 heterocycles. The van der Waals surface area contributed by atoms with Crippen LogP contribution in [0.2, 0.25) is 5.02 Å². The fourth-order valence-electron chi connectivity index (χ4n) is 4.05. The molecule has 8 heteroatoms. The zero-order chi connectivity index (χ0) is 24.4. The molecule has 0 amide bonds. The number of aliphatic carboxylic acids is 1. The zero-order valence-corrected chi connectivity index (χ0v) is 23.0. The van der Waals surface area contributed by atoms with Gasteiger partial charge >= 0.3 is 29.6 Å². The smallest absolute Gasteiger partial charge is 0.550 e. The number of carbonyl (C=O) groups excluding carboxylic acids is 1. The van der Waals surface area contributed by atoms with Crippen LogP contribution in [0, 0.1) is 5.82 Å². The van der Waals surface area contributed by atoms with Gasteiger partial charge in [0.2, 0.25) is 0 Å². The normalized spacial score (nSPS) is 14.2. The van der Waals surface area contributed by atoms with Crippen molar-refractivity contribution in [3.8, 4) is 0 Å². The number of benzene rings is 2. The van der Waals surface area contributed by atoms with Crippen molar-refractivity contribution in [1.82, 2.24) is 9.97 Å². The van der Waals surface area contributed by atoms with Gasteiger partial charge in [0.1, 0.15) is 5.82 Å². The molecule has 2 aromatic carbocycles. The molecule has 174 valence electrons. The zero-order valence-electron chi connectivity index (χ0n) is 19.4. The summed E-state index contributed by atoms with van der Waals surface area (Å²) in [6.07, 6.45) is 9.66. The monoisotopic (exact) mass is 524 g/mol. The number of carboxylic acid groups (broad SMARTS) is 1. The molecule has 0 bridgehead atoms. The van der Waals surface area contributed by atoms with Crippen LogP contribution in [-0.2, 0) is 4.79 Å². The minimum Gasteiger partial charge on any atom is -0.550 e. The molecule has 4 nitrogen and oxygen atoms in total. The Labute approximate surface area is 239 Å². The molecule has 4 aromatic rings. The van der Waals surface area contributed by atoms with Crippen LogP contribution < -0.4 is 34.7 Å². The van der Waals surface area contributed by atoms with Crippen LogP contribution in [0.3, 0.4) is 0 Å². The standard InChI is InChI=1S/C28H20ClFN2O2S.Na/c29-23-16-26-19(15-24(23)30)6-9-20(32-26)8-4-17-3-5-18-7-10-25-21(2-1-12-31-25)28(22(18)14-17)35-13-11-27(33)34;/h1-10,12,14-16,28H,11,13H2,(H,33,34);/q;+1/p-1/b8-4+;. The number of hydrogen-bond donors (Lipinski definition) is 0. The van der Waals surface area contributed by atoms with Crippen LogP contribution >= 0.6 is 23.4 Å². The van der Waals surface area contributed by atoms with Crippen molar-refractivity contribution >= 4 is 64.5 Å². The predicted molar refractivity (Wildman–Crippen MR) is 139 cm³/mol. The third-order valence-corrected chi connectivity index (χ3v) is 7.33. The molecule has 1 aliphatic carbocycles. The van der Waals surface area contributed by atoms with Crippen molar-refractivity contribution < 1.29 is 43.8 Å². The van der Waals surface area contributed by atoms with Gasteiger partial charge in [0.15, 0.2) is 0 Å². The summed E-state index contributed by atoms with van der Waals surface area (Å²) in [6.45, 7) is 0. The number of nitrogens with zero attached hydrogens (tertiary/aromatic N) is 2. The summed E-state index contributed by atoms with van der Waals surface area (Å²) in [5, 5.41) is 11.7. The number of fused-ring (bicyclic) bond motifs is 3. The Morgan fingerprint density at radius 3 is 2.78 bits per heavy atom. The molecule has 0 fully saturated rings. The van der Waals surface area contributed by atoms with E-state index in [1.807, 2.05) is 54.6 Å². The molecule has 0 N–H and O–H groups in total. The summed E-state index contributed by atoms with van der Waals surface area (Å²) in [5.74, 6) is -1.09. The van der Waals surface area contributed by atoms with Crippen molar-refractivity contribution in [3.05, 3.63) is 105 Å². The first-order valence-electron chi connectivity index (χ1n) is 11.0. The molecule has 2 aromatic heterocycles. The Bertz CT molecular complexity index is 1510. The van der Waals surface area contributed by atoms with E-state index in [0.29, 0.717) is 16.7 Å².